The Bertz CT molecular complexity index is 599. The van der Waals surface area contributed by atoms with Crippen molar-refractivity contribution in [2.45, 2.75) is 19.4 Å². The van der Waals surface area contributed by atoms with Crippen molar-refractivity contribution in [3.05, 3.63) is 48.3 Å². The molecule has 4 heteroatoms. The van der Waals surface area contributed by atoms with E-state index in [0.717, 1.165) is 12.2 Å². The van der Waals surface area contributed by atoms with Crippen LogP contribution < -0.4 is 5.32 Å². The minimum atomic E-state index is 0.555. The Kier molecular flexibility index (Phi) is 3.28. The minimum absolute atomic E-state index is 0.555. The Morgan fingerprint density at radius 1 is 1.24 bits per heavy atom. The summed E-state index contributed by atoms with van der Waals surface area (Å²) in [6, 6.07) is 10.7. The third kappa shape index (κ3) is 2.61. The molecule has 4 rings (SSSR count). The van der Waals surface area contributed by atoms with Crippen LogP contribution in [-0.2, 0) is 6.54 Å². The van der Waals surface area contributed by atoms with Crippen molar-refractivity contribution < 1.29 is 0 Å². The van der Waals surface area contributed by atoms with Crippen LogP contribution in [0, 0.1) is 5.41 Å². The second-order valence-corrected chi connectivity index (χ2v) is 6.51. The molecule has 3 heterocycles. The van der Waals surface area contributed by atoms with Gasteiger partial charge in [-0.1, -0.05) is 12.1 Å². The van der Waals surface area contributed by atoms with Crippen LogP contribution in [0.25, 0.3) is 5.69 Å². The van der Waals surface area contributed by atoms with Crippen LogP contribution in [0.4, 0.5) is 0 Å². The van der Waals surface area contributed by atoms with Gasteiger partial charge in [0.05, 0.1) is 5.69 Å². The standard InChI is InChI=1S/C17H22N4/c1-3-15(11-16(4-1)21-9-2-7-19-21)12-20-10-6-17(14-20)5-8-18-13-17/h1-4,7,9,11,18H,5-6,8,10,12-14H2. The molecule has 0 saturated carbocycles. The lowest BCUT2D eigenvalue weighted by Crippen LogP contribution is -2.28. The molecular formula is C17H22N4. The van der Waals surface area contributed by atoms with Crippen LogP contribution in [0.3, 0.4) is 0 Å². The molecule has 1 spiro atoms. The average Bonchev–Trinajstić information content (AvgIpc) is 3.24. The summed E-state index contributed by atoms with van der Waals surface area (Å²) in [5.74, 6) is 0. The van der Waals surface area contributed by atoms with Crippen LogP contribution >= 0.6 is 0 Å². The molecule has 1 aromatic carbocycles. The molecule has 2 aliphatic rings. The molecule has 2 aliphatic heterocycles. The second kappa shape index (κ2) is 5.28. The Morgan fingerprint density at radius 3 is 3.05 bits per heavy atom. The van der Waals surface area contributed by atoms with E-state index < -0.39 is 0 Å². The van der Waals surface area contributed by atoms with E-state index in [1.165, 1.54) is 44.6 Å². The molecule has 2 saturated heterocycles. The summed E-state index contributed by atoms with van der Waals surface area (Å²) in [7, 11) is 0. The van der Waals surface area contributed by atoms with Crippen molar-refractivity contribution >= 4 is 0 Å². The molecular weight excluding hydrogens is 260 g/mol. The van der Waals surface area contributed by atoms with Gasteiger partial charge in [-0.3, -0.25) is 4.90 Å². The van der Waals surface area contributed by atoms with Gasteiger partial charge < -0.3 is 5.32 Å². The van der Waals surface area contributed by atoms with E-state index in [1.807, 2.05) is 23.1 Å². The largest absolute Gasteiger partial charge is 0.316 e. The van der Waals surface area contributed by atoms with Crippen LogP contribution in [0.15, 0.2) is 42.7 Å². The van der Waals surface area contributed by atoms with E-state index in [4.69, 9.17) is 0 Å². The molecule has 0 bridgehead atoms. The van der Waals surface area contributed by atoms with Gasteiger partial charge >= 0.3 is 0 Å². The summed E-state index contributed by atoms with van der Waals surface area (Å²) >= 11 is 0. The van der Waals surface area contributed by atoms with Gasteiger partial charge in [-0.2, -0.15) is 5.10 Å². The number of likely N-dealkylation sites (tertiary alicyclic amines) is 1. The zero-order chi connectivity index (χ0) is 14.1. The molecule has 2 aromatic rings. The van der Waals surface area contributed by atoms with Crippen molar-refractivity contribution in [2.24, 2.45) is 5.41 Å². The summed E-state index contributed by atoms with van der Waals surface area (Å²) in [5, 5.41) is 7.84. The van der Waals surface area contributed by atoms with Crippen molar-refractivity contribution in [3.63, 3.8) is 0 Å². The predicted molar refractivity (Wildman–Crippen MR) is 83.4 cm³/mol. The molecule has 0 radical (unpaired) electrons. The van der Waals surface area contributed by atoms with Crippen molar-refractivity contribution in [1.29, 1.82) is 0 Å². The summed E-state index contributed by atoms with van der Waals surface area (Å²) in [6.45, 7) is 5.93. The lowest BCUT2D eigenvalue weighted by molar-refractivity contribution is 0.268. The number of hydrogen-bond acceptors (Lipinski definition) is 3. The molecule has 1 aromatic heterocycles. The third-order valence-electron chi connectivity index (χ3n) is 4.94. The highest BCUT2D eigenvalue weighted by Crippen LogP contribution is 2.36. The van der Waals surface area contributed by atoms with Gasteiger partial charge in [0, 0.05) is 32.0 Å². The van der Waals surface area contributed by atoms with Gasteiger partial charge in [0.25, 0.3) is 0 Å². The summed E-state index contributed by atoms with van der Waals surface area (Å²) in [5.41, 5.74) is 3.08. The highest BCUT2D eigenvalue weighted by Gasteiger charge is 2.39. The quantitative estimate of drug-likeness (QED) is 0.935. The SMILES string of the molecule is c1cc(CN2CCC3(CCNC3)C2)cc(-n2cccn2)c1. The fraction of sp³-hybridized carbons (Fsp3) is 0.471. The first-order valence-corrected chi connectivity index (χ1v) is 7.85. The zero-order valence-corrected chi connectivity index (χ0v) is 12.3. The van der Waals surface area contributed by atoms with E-state index >= 15 is 0 Å². The van der Waals surface area contributed by atoms with Gasteiger partial charge in [-0.15, -0.1) is 0 Å². The average molecular weight is 282 g/mol. The zero-order valence-electron chi connectivity index (χ0n) is 12.3. The van der Waals surface area contributed by atoms with Gasteiger partial charge in [0.2, 0.25) is 0 Å². The molecule has 1 unspecified atom stereocenters. The van der Waals surface area contributed by atoms with E-state index in [0.29, 0.717) is 5.41 Å². The van der Waals surface area contributed by atoms with Gasteiger partial charge in [0.15, 0.2) is 0 Å². The Morgan fingerprint density at radius 2 is 2.24 bits per heavy atom. The lowest BCUT2D eigenvalue weighted by Gasteiger charge is -2.23. The summed E-state index contributed by atoms with van der Waals surface area (Å²) < 4.78 is 1.93. The lowest BCUT2D eigenvalue weighted by atomic mass is 9.86. The topological polar surface area (TPSA) is 33.1 Å². The summed E-state index contributed by atoms with van der Waals surface area (Å²) in [4.78, 5) is 2.61. The van der Waals surface area contributed by atoms with E-state index in [1.54, 1.807) is 0 Å². The van der Waals surface area contributed by atoms with Crippen molar-refractivity contribution in [1.82, 2.24) is 20.0 Å². The normalized spacial score (nSPS) is 25.9. The maximum atomic E-state index is 4.31. The molecule has 1 atom stereocenters. The Hall–Kier alpha value is -1.65. The van der Waals surface area contributed by atoms with Crippen LogP contribution in [0.2, 0.25) is 0 Å². The fourth-order valence-corrected chi connectivity index (χ4v) is 3.78. The van der Waals surface area contributed by atoms with Crippen LogP contribution in [0.5, 0.6) is 0 Å². The van der Waals surface area contributed by atoms with Crippen LogP contribution in [0.1, 0.15) is 18.4 Å². The van der Waals surface area contributed by atoms with E-state index in [-0.39, 0.29) is 0 Å². The first kappa shape index (κ1) is 13.0. The minimum Gasteiger partial charge on any atom is -0.316 e. The highest BCUT2D eigenvalue weighted by molar-refractivity contribution is 5.35. The molecule has 1 N–H and O–H groups in total. The van der Waals surface area contributed by atoms with E-state index in [9.17, 15) is 0 Å². The first-order valence-electron chi connectivity index (χ1n) is 7.85. The highest BCUT2D eigenvalue weighted by atomic mass is 15.3. The molecule has 110 valence electrons. The monoisotopic (exact) mass is 282 g/mol. The Balaban J connectivity index is 1.47. The maximum Gasteiger partial charge on any atom is 0.0648 e. The molecule has 0 aliphatic carbocycles. The number of rotatable bonds is 3. The number of aromatic nitrogens is 2. The molecule has 4 nitrogen and oxygen atoms in total. The van der Waals surface area contributed by atoms with Gasteiger partial charge in [-0.05, 0) is 55.1 Å². The smallest absolute Gasteiger partial charge is 0.0648 e. The van der Waals surface area contributed by atoms with E-state index in [2.05, 4.69) is 39.6 Å². The summed E-state index contributed by atoms with van der Waals surface area (Å²) in [6.07, 6.45) is 6.51. The first-order chi connectivity index (χ1) is 10.3. The van der Waals surface area contributed by atoms with Gasteiger partial charge in [0.1, 0.15) is 0 Å². The second-order valence-electron chi connectivity index (χ2n) is 6.51. The van der Waals surface area contributed by atoms with Crippen LogP contribution in [-0.4, -0.2) is 40.9 Å². The number of nitrogens with one attached hydrogen (secondary N) is 1. The Labute approximate surface area is 125 Å². The predicted octanol–water partition coefficient (Wildman–Crippen LogP) is 2.06. The molecule has 21 heavy (non-hydrogen) atoms. The molecule has 0 amide bonds. The third-order valence-corrected chi connectivity index (χ3v) is 4.94. The fourth-order valence-electron chi connectivity index (χ4n) is 3.78. The number of nitrogens with zero attached hydrogens (tertiary/aromatic N) is 3. The van der Waals surface area contributed by atoms with Crippen molar-refractivity contribution in [2.75, 3.05) is 26.2 Å². The van der Waals surface area contributed by atoms with Gasteiger partial charge in [-0.25, -0.2) is 4.68 Å². The molecule has 2 fully saturated rings. The van der Waals surface area contributed by atoms with Crippen molar-refractivity contribution in [3.8, 4) is 5.69 Å². The number of benzene rings is 1. The number of hydrogen-bond donors (Lipinski definition) is 1. The maximum absolute atomic E-state index is 4.31.